The van der Waals surface area contributed by atoms with E-state index in [1.54, 1.807) is 6.92 Å². The average molecular weight is 278 g/mol. The minimum Gasteiger partial charge on any atom is -0.389 e. The Morgan fingerprint density at radius 3 is 2.85 bits per heavy atom. The molecule has 2 unspecified atom stereocenters. The molecule has 0 aliphatic carbocycles. The highest BCUT2D eigenvalue weighted by atomic mass is 19.1. The van der Waals surface area contributed by atoms with Gasteiger partial charge in [0.25, 0.3) is 0 Å². The fraction of sp³-hybridized carbons (Fsp3) is 0.625. The molecule has 3 rings (SSSR count). The van der Waals surface area contributed by atoms with Gasteiger partial charge in [0.15, 0.2) is 0 Å². The lowest BCUT2D eigenvalue weighted by atomic mass is 10.1. The third-order valence-corrected chi connectivity index (χ3v) is 4.58. The molecule has 3 nitrogen and oxygen atoms in total. The van der Waals surface area contributed by atoms with Crippen LogP contribution < -0.4 is 4.90 Å². The van der Waals surface area contributed by atoms with E-state index in [4.69, 9.17) is 0 Å². The molecule has 2 fully saturated rings. The average Bonchev–Trinajstić information content (AvgIpc) is 2.76. The van der Waals surface area contributed by atoms with Crippen LogP contribution in [0.4, 0.5) is 10.1 Å². The van der Waals surface area contributed by atoms with E-state index in [0.717, 1.165) is 31.7 Å². The molecular weight excluding hydrogens is 255 g/mol. The second-order valence-electron chi connectivity index (χ2n) is 6.01. The van der Waals surface area contributed by atoms with Crippen molar-refractivity contribution in [2.75, 3.05) is 31.1 Å². The molecule has 0 radical (unpaired) electrons. The molecule has 110 valence electrons. The molecule has 2 aliphatic rings. The highest BCUT2D eigenvalue weighted by Gasteiger charge is 2.29. The van der Waals surface area contributed by atoms with E-state index in [1.807, 2.05) is 6.07 Å². The third-order valence-electron chi connectivity index (χ3n) is 4.58. The third kappa shape index (κ3) is 2.67. The van der Waals surface area contributed by atoms with Gasteiger partial charge in [-0.2, -0.15) is 0 Å². The fourth-order valence-electron chi connectivity index (χ4n) is 3.57. The van der Waals surface area contributed by atoms with E-state index < -0.39 is 6.10 Å². The van der Waals surface area contributed by atoms with Gasteiger partial charge in [-0.1, -0.05) is 0 Å². The Morgan fingerprint density at radius 2 is 2.05 bits per heavy atom. The van der Waals surface area contributed by atoms with Gasteiger partial charge in [0.05, 0.1) is 6.10 Å². The molecule has 4 heteroatoms. The normalized spacial score (nSPS) is 25.4. The zero-order valence-corrected chi connectivity index (χ0v) is 12.1. The van der Waals surface area contributed by atoms with Crippen molar-refractivity contribution in [3.63, 3.8) is 0 Å². The Morgan fingerprint density at radius 1 is 1.25 bits per heavy atom. The van der Waals surface area contributed by atoms with Gasteiger partial charge in [-0.15, -0.1) is 0 Å². The van der Waals surface area contributed by atoms with Crippen LogP contribution in [0.3, 0.4) is 0 Å². The standard InChI is InChI=1S/C16H23FN2O/c1-12(20)15-10-13(17)5-6-16(15)19-9-3-8-18-7-2-4-14(18)11-19/h5-6,10,12,14,20H,2-4,7-9,11H2,1H3. The van der Waals surface area contributed by atoms with Crippen LogP contribution in [0.15, 0.2) is 18.2 Å². The molecule has 1 N–H and O–H groups in total. The Labute approximate surface area is 120 Å². The maximum atomic E-state index is 13.4. The summed E-state index contributed by atoms with van der Waals surface area (Å²) in [6, 6.07) is 5.40. The van der Waals surface area contributed by atoms with E-state index in [9.17, 15) is 9.50 Å². The molecule has 0 spiro atoms. The Balaban J connectivity index is 1.87. The number of aliphatic hydroxyl groups excluding tert-OH is 1. The fourth-order valence-corrected chi connectivity index (χ4v) is 3.57. The number of halogens is 1. The predicted molar refractivity (Wildman–Crippen MR) is 78.5 cm³/mol. The lowest BCUT2D eigenvalue weighted by Gasteiger charge is -2.29. The maximum Gasteiger partial charge on any atom is 0.123 e. The molecule has 0 bridgehead atoms. The van der Waals surface area contributed by atoms with Gasteiger partial charge in [-0.05, 0) is 50.9 Å². The second kappa shape index (κ2) is 5.70. The highest BCUT2D eigenvalue weighted by Crippen LogP contribution is 2.30. The topological polar surface area (TPSA) is 26.7 Å². The molecule has 2 aliphatic heterocycles. The van der Waals surface area contributed by atoms with E-state index in [2.05, 4.69) is 9.80 Å². The zero-order valence-electron chi connectivity index (χ0n) is 12.1. The van der Waals surface area contributed by atoms with E-state index in [0.29, 0.717) is 11.6 Å². The molecule has 0 aromatic heterocycles. The molecule has 0 saturated carbocycles. The Bertz CT molecular complexity index is 478. The van der Waals surface area contributed by atoms with Gasteiger partial charge >= 0.3 is 0 Å². The van der Waals surface area contributed by atoms with Crippen LogP contribution in [0.1, 0.15) is 37.9 Å². The van der Waals surface area contributed by atoms with Crippen LogP contribution in [-0.4, -0.2) is 42.2 Å². The van der Waals surface area contributed by atoms with Crippen molar-refractivity contribution in [1.29, 1.82) is 0 Å². The van der Waals surface area contributed by atoms with E-state index >= 15 is 0 Å². The molecular formula is C16H23FN2O. The molecule has 1 aromatic rings. The number of fused-ring (bicyclic) bond motifs is 1. The first-order valence-corrected chi connectivity index (χ1v) is 7.61. The van der Waals surface area contributed by atoms with Crippen molar-refractivity contribution >= 4 is 5.69 Å². The lowest BCUT2D eigenvalue weighted by molar-refractivity contribution is 0.199. The summed E-state index contributed by atoms with van der Waals surface area (Å²) in [6.45, 7) is 6.05. The summed E-state index contributed by atoms with van der Waals surface area (Å²) in [7, 11) is 0. The summed E-state index contributed by atoms with van der Waals surface area (Å²) in [6.07, 6.45) is 3.03. The minimum atomic E-state index is -0.636. The van der Waals surface area contributed by atoms with Crippen LogP contribution in [0.2, 0.25) is 0 Å². The minimum absolute atomic E-state index is 0.276. The summed E-state index contributed by atoms with van der Waals surface area (Å²) in [5.41, 5.74) is 1.70. The van der Waals surface area contributed by atoms with Gasteiger partial charge in [0.1, 0.15) is 5.82 Å². The number of hydrogen-bond donors (Lipinski definition) is 1. The van der Waals surface area contributed by atoms with Gasteiger partial charge < -0.3 is 10.0 Å². The van der Waals surface area contributed by atoms with Gasteiger partial charge in [-0.25, -0.2) is 4.39 Å². The van der Waals surface area contributed by atoms with Crippen LogP contribution >= 0.6 is 0 Å². The SMILES string of the molecule is CC(O)c1cc(F)ccc1N1CCCN2CCCC2C1. The molecule has 2 heterocycles. The van der Waals surface area contributed by atoms with Crippen molar-refractivity contribution in [3.8, 4) is 0 Å². The molecule has 1 aromatic carbocycles. The molecule has 0 amide bonds. The quantitative estimate of drug-likeness (QED) is 0.900. The van der Waals surface area contributed by atoms with Crippen LogP contribution in [0.5, 0.6) is 0 Å². The van der Waals surface area contributed by atoms with Gasteiger partial charge in [-0.3, -0.25) is 4.90 Å². The van der Waals surface area contributed by atoms with Crippen LogP contribution in [0, 0.1) is 5.82 Å². The number of benzene rings is 1. The van der Waals surface area contributed by atoms with Gasteiger partial charge in [0, 0.05) is 36.9 Å². The summed E-state index contributed by atoms with van der Waals surface area (Å²) in [5.74, 6) is -0.276. The Hall–Kier alpha value is -1.13. The summed E-state index contributed by atoms with van der Waals surface area (Å²) in [5, 5.41) is 9.91. The van der Waals surface area contributed by atoms with Gasteiger partial charge in [0.2, 0.25) is 0 Å². The molecule has 2 saturated heterocycles. The smallest absolute Gasteiger partial charge is 0.123 e. The lowest BCUT2D eigenvalue weighted by Crippen LogP contribution is -2.37. The Kier molecular flexibility index (Phi) is 3.94. The number of hydrogen-bond acceptors (Lipinski definition) is 3. The first kappa shape index (κ1) is 13.8. The monoisotopic (exact) mass is 278 g/mol. The first-order chi connectivity index (χ1) is 9.65. The summed E-state index contributed by atoms with van der Waals surface area (Å²) < 4.78 is 13.4. The first-order valence-electron chi connectivity index (χ1n) is 7.61. The van der Waals surface area contributed by atoms with Crippen molar-refractivity contribution < 1.29 is 9.50 Å². The molecule has 20 heavy (non-hydrogen) atoms. The number of anilines is 1. The van der Waals surface area contributed by atoms with Crippen molar-refractivity contribution in [2.24, 2.45) is 0 Å². The van der Waals surface area contributed by atoms with E-state index in [-0.39, 0.29) is 5.82 Å². The van der Waals surface area contributed by atoms with Crippen molar-refractivity contribution in [2.45, 2.75) is 38.3 Å². The number of rotatable bonds is 2. The van der Waals surface area contributed by atoms with Crippen molar-refractivity contribution in [3.05, 3.63) is 29.6 Å². The summed E-state index contributed by atoms with van der Waals surface area (Å²) >= 11 is 0. The maximum absolute atomic E-state index is 13.4. The predicted octanol–water partition coefficient (Wildman–Crippen LogP) is 2.55. The second-order valence-corrected chi connectivity index (χ2v) is 6.01. The van der Waals surface area contributed by atoms with Crippen LogP contribution in [0.25, 0.3) is 0 Å². The van der Waals surface area contributed by atoms with Crippen LogP contribution in [-0.2, 0) is 0 Å². The zero-order chi connectivity index (χ0) is 14.1. The van der Waals surface area contributed by atoms with Crippen molar-refractivity contribution in [1.82, 2.24) is 4.90 Å². The summed E-state index contributed by atoms with van der Waals surface area (Å²) in [4.78, 5) is 4.91. The number of nitrogens with zero attached hydrogens (tertiary/aromatic N) is 2. The highest BCUT2D eigenvalue weighted by molar-refractivity contribution is 5.55. The largest absolute Gasteiger partial charge is 0.389 e. The van der Waals surface area contributed by atoms with E-state index in [1.165, 1.54) is 31.5 Å². The number of aliphatic hydroxyl groups is 1. The molecule has 2 atom stereocenters.